The molecule has 0 aliphatic carbocycles. The lowest BCUT2D eigenvalue weighted by atomic mass is 10.2. The van der Waals surface area contributed by atoms with E-state index in [0.29, 0.717) is 11.6 Å². The molecule has 4 heteroatoms. The largest absolute Gasteiger partial charge is 0.480 e. The van der Waals surface area contributed by atoms with Crippen LogP contribution in [-0.4, -0.2) is 17.4 Å². The van der Waals surface area contributed by atoms with Crippen molar-refractivity contribution in [2.75, 3.05) is 18.2 Å². The number of halogens is 1. The second-order valence-electron chi connectivity index (χ2n) is 2.57. The number of alkyl halides is 1. The van der Waals surface area contributed by atoms with E-state index in [-0.39, 0.29) is 0 Å². The molecule has 0 atom stereocenters. The summed E-state index contributed by atoms with van der Waals surface area (Å²) in [6.45, 7) is 0. The van der Waals surface area contributed by atoms with Gasteiger partial charge in [0.25, 0.3) is 0 Å². The van der Waals surface area contributed by atoms with E-state index in [0.717, 1.165) is 17.3 Å². The van der Waals surface area contributed by atoms with Gasteiger partial charge >= 0.3 is 0 Å². The predicted molar refractivity (Wildman–Crippen MR) is 60.5 cm³/mol. The first kappa shape index (κ1) is 10.9. The van der Waals surface area contributed by atoms with Gasteiger partial charge in [-0.05, 0) is 6.07 Å². The third kappa shape index (κ3) is 2.93. The zero-order valence-corrected chi connectivity index (χ0v) is 9.47. The van der Waals surface area contributed by atoms with Gasteiger partial charge < -0.3 is 10.5 Å². The van der Waals surface area contributed by atoms with Gasteiger partial charge in [-0.25, -0.2) is 4.98 Å². The minimum Gasteiger partial charge on any atom is -0.480 e. The Morgan fingerprint density at radius 3 is 3.07 bits per heavy atom. The van der Waals surface area contributed by atoms with Gasteiger partial charge in [-0.2, -0.15) is 0 Å². The predicted octanol–water partition coefficient (Wildman–Crippen LogP) is 1.81. The van der Waals surface area contributed by atoms with Gasteiger partial charge in [0.05, 0.1) is 24.6 Å². The molecule has 0 radical (unpaired) electrons. The van der Waals surface area contributed by atoms with Crippen molar-refractivity contribution in [3.8, 4) is 17.7 Å². The summed E-state index contributed by atoms with van der Waals surface area (Å²) in [5.41, 5.74) is 6.91. The number of hydrogen-bond donors (Lipinski definition) is 1. The number of aromatic nitrogens is 1. The summed E-state index contributed by atoms with van der Waals surface area (Å²) in [5, 5.41) is 0.859. The number of nitrogen functional groups attached to an aromatic ring is 1. The molecule has 0 aromatic carbocycles. The molecule has 3 nitrogen and oxygen atoms in total. The maximum atomic E-state index is 5.59. The van der Waals surface area contributed by atoms with Gasteiger partial charge in [-0.1, -0.05) is 27.8 Å². The molecule has 14 heavy (non-hydrogen) atoms. The van der Waals surface area contributed by atoms with Gasteiger partial charge in [-0.3, -0.25) is 0 Å². The number of pyridine rings is 1. The summed E-state index contributed by atoms with van der Waals surface area (Å²) in [6, 6.07) is 1.76. The lowest BCUT2D eigenvalue weighted by Gasteiger charge is -2.01. The van der Waals surface area contributed by atoms with Gasteiger partial charge in [0.1, 0.15) is 0 Å². The fraction of sp³-hybridized carbons (Fsp3) is 0.300. The molecule has 0 unspecified atom stereocenters. The van der Waals surface area contributed by atoms with E-state index in [1.165, 1.54) is 0 Å². The van der Waals surface area contributed by atoms with Crippen LogP contribution in [-0.2, 0) is 0 Å². The fourth-order valence-electron chi connectivity index (χ4n) is 0.926. The maximum Gasteiger partial charge on any atom is 0.229 e. The smallest absolute Gasteiger partial charge is 0.229 e. The average Bonchev–Trinajstić information content (AvgIpc) is 2.19. The molecule has 0 spiro atoms. The van der Waals surface area contributed by atoms with E-state index in [9.17, 15) is 0 Å². The summed E-state index contributed by atoms with van der Waals surface area (Å²) in [7, 11) is 1.56. The van der Waals surface area contributed by atoms with Crippen molar-refractivity contribution in [1.82, 2.24) is 4.98 Å². The second-order valence-corrected chi connectivity index (χ2v) is 3.36. The number of ether oxygens (including phenoxy) is 1. The van der Waals surface area contributed by atoms with Crippen molar-refractivity contribution in [3.63, 3.8) is 0 Å². The fourth-order valence-corrected chi connectivity index (χ4v) is 1.12. The summed E-state index contributed by atoms with van der Waals surface area (Å²) >= 11 is 3.30. The number of nitrogens with zero attached hydrogens (tertiary/aromatic N) is 1. The van der Waals surface area contributed by atoms with Crippen LogP contribution in [0.3, 0.4) is 0 Å². The molecule has 2 N–H and O–H groups in total. The zero-order valence-electron chi connectivity index (χ0n) is 7.88. The maximum absolute atomic E-state index is 5.59. The molecule has 0 amide bonds. The highest BCUT2D eigenvalue weighted by molar-refractivity contribution is 9.09. The van der Waals surface area contributed by atoms with Gasteiger partial charge in [0.15, 0.2) is 0 Å². The third-order valence-electron chi connectivity index (χ3n) is 1.51. The lowest BCUT2D eigenvalue weighted by molar-refractivity contribution is 0.397. The van der Waals surface area contributed by atoms with E-state index in [1.54, 1.807) is 19.4 Å². The molecule has 0 aliphatic heterocycles. The van der Waals surface area contributed by atoms with Gasteiger partial charge in [-0.15, -0.1) is 0 Å². The normalized spacial score (nSPS) is 9.00. The Labute approximate surface area is 91.8 Å². The third-order valence-corrected chi connectivity index (χ3v) is 1.90. The Morgan fingerprint density at radius 2 is 2.43 bits per heavy atom. The highest BCUT2D eigenvalue weighted by Crippen LogP contribution is 2.15. The molecule has 0 saturated carbocycles. The molecule has 1 heterocycles. The van der Waals surface area contributed by atoms with E-state index in [2.05, 4.69) is 32.8 Å². The van der Waals surface area contributed by atoms with Gasteiger partial charge in [0, 0.05) is 11.8 Å². The number of methoxy groups -OCH3 is 1. The Kier molecular flexibility index (Phi) is 4.27. The van der Waals surface area contributed by atoms with Crippen molar-refractivity contribution >= 4 is 21.6 Å². The van der Waals surface area contributed by atoms with Crippen LogP contribution < -0.4 is 10.5 Å². The Balaban J connectivity index is 2.94. The van der Waals surface area contributed by atoms with E-state index >= 15 is 0 Å². The monoisotopic (exact) mass is 254 g/mol. The summed E-state index contributed by atoms with van der Waals surface area (Å²) < 4.78 is 5.05. The average molecular weight is 255 g/mol. The van der Waals surface area contributed by atoms with Gasteiger partial charge in [0.2, 0.25) is 5.88 Å². The molecule has 1 rings (SSSR count). The standard InChI is InChI=1S/C10H11BrN2O/c1-14-10-8(4-2-3-5-11)6-9(12)7-13-10/h6-7H,3,5,12H2,1H3. The van der Waals surface area contributed by atoms with Crippen LogP contribution in [0, 0.1) is 11.8 Å². The molecule has 0 aliphatic rings. The topological polar surface area (TPSA) is 48.1 Å². The molecule has 0 saturated heterocycles. The van der Waals surface area contributed by atoms with Crippen molar-refractivity contribution in [2.24, 2.45) is 0 Å². The Bertz CT molecular complexity index is 368. The molecular formula is C10H11BrN2O. The quantitative estimate of drug-likeness (QED) is 0.647. The summed E-state index contributed by atoms with van der Waals surface area (Å²) in [5.74, 6) is 6.45. The highest BCUT2D eigenvalue weighted by Gasteiger charge is 2.00. The van der Waals surface area contributed by atoms with Crippen LogP contribution in [0.2, 0.25) is 0 Å². The van der Waals surface area contributed by atoms with Crippen LogP contribution in [0.5, 0.6) is 5.88 Å². The Hall–Kier alpha value is -1.21. The molecule has 0 bridgehead atoms. The van der Waals surface area contributed by atoms with Crippen LogP contribution in [0.1, 0.15) is 12.0 Å². The first-order valence-electron chi connectivity index (χ1n) is 4.12. The molecule has 0 fully saturated rings. The second kappa shape index (κ2) is 5.51. The minimum atomic E-state index is 0.515. The van der Waals surface area contributed by atoms with E-state index in [1.807, 2.05) is 0 Å². The molecule has 1 aromatic rings. The first-order valence-corrected chi connectivity index (χ1v) is 5.24. The number of nitrogens with two attached hydrogens (primary N) is 1. The number of rotatable bonds is 2. The van der Waals surface area contributed by atoms with Crippen LogP contribution >= 0.6 is 15.9 Å². The zero-order chi connectivity index (χ0) is 10.4. The number of anilines is 1. The highest BCUT2D eigenvalue weighted by atomic mass is 79.9. The van der Waals surface area contributed by atoms with Crippen molar-refractivity contribution in [3.05, 3.63) is 17.8 Å². The number of hydrogen-bond acceptors (Lipinski definition) is 3. The van der Waals surface area contributed by atoms with Crippen LogP contribution in [0.15, 0.2) is 12.3 Å². The molecular weight excluding hydrogens is 244 g/mol. The first-order chi connectivity index (χ1) is 6.77. The van der Waals surface area contributed by atoms with E-state index < -0.39 is 0 Å². The minimum absolute atomic E-state index is 0.515. The Morgan fingerprint density at radius 1 is 1.64 bits per heavy atom. The summed E-state index contributed by atoms with van der Waals surface area (Å²) in [6.07, 6.45) is 2.34. The van der Waals surface area contributed by atoms with Crippen LogP contribution in [0.25, 0.3) is 0 Å². The lowest BCUT2D eigenvalue weighted by Crippen LogP contribution is -1.94. The molecule has 74 valence electrons. The SMILES string of the molecule is COc1ncc(N)cc1C#CCCBr. The van der Waals surface area contributed by atoms with Crippen molar-refractivity contribution in [1.29, 1.82) is 0 Å². The van der Waals surface area contributed by atoms with E-state index in [4.69, 9.17) is 10.5 Å². The van der Waals surface area contributed by atoms with Crippen molar-refractivity contribution in [2.45, 2.75) is 6.42 Å². The van der Waals surface area contributed by atoms with Crippen LogP contribution in [0.4, 0.5) is 5.69 Å². The van der Waals surface area contributed by atoms with Crippen molar-refractivity contribution < 1.29 is 4.74 Å². The molecule has 1 aromatic heterocycles. The summed E-state index contributed by atoms with van der Waals surface area (Å²) in [4.78, 5) is 4.01.